The number of carbonyl (C=O) groups excluding carboxylic acids is 3. The number of ketones is 2. The molecular weight excluding hydrogens is 430 g/mol. The van der Waals surface area contributed by atoms with Gasteiger partial charge in [0.05, 0.1) is 12.0 Å². The lowest BCUT2D eigenvalue weighted by Gasteiger charge is -2.26. The molecule has 6 heteroatoms. The van der Waals surface area contributed by atoms with Crippen molar-refractivity contribution in [3.8, 4) is 0 Å². The highest BCUT2D eigenvalue weighted by molar-refractivity contribution is 6.38. The first-order chi connectivity index (χ1) is 16.1. The highest BCUT2D eigenvalue weighted by Gasteiger charge is 2.32. The Labute approximate surface area is 202 Å². The van der Waals surface area contributed by atoms with E-state index in [-0.39, 0.29) is 30.1 Å². The van der Waals surface area contributed by atoms with Gasteiger partial charge in [-0.05, 0) is 49.8 Å². The largest absolute Gasteiger partial charge is 0.458 e. The highest BCUT2D eigenvalue weighted by atomic mass is 16.5. The molecule has 0 saturated carbocycles. The average Bonchev–Trinajstić information content (AvgIpc) is 2.79. The standard InChI is InChI=1S/C28H37NO5/c1-18(24-11-6-7-16-29-24)9-8-10-20(3)27-21(4)13-15-26(34-22(5)30)19(2)12-14-23(31)17-25(32)28(27)33/h6-11,13,15-16,18-19,21,23,26-27,31H,12,14,17H2,1-5H3/b9-8+,15-13+,20-10+/t18-,19+,21-,23-,26-,27+/m0/s1. The fraction of sp³-hybridized carbons (Fsp3) is 0.500. The van der Waals surface area contributed by atoms with Crippen LogP contribution in [0.2, 0.25) is 0 Å². The molecule has 1 aliphatic carbocycles. The first kappa shape index (κ1) is 27.4. The number of nitrogens with zero attached hydrogens (tertiary/aromatic N) is 1. The van der Waals surface area contributed by atoms with E-state index in [1.807, 2.05) is 76.3 Å². The summed E-state index contributed by atoms with van der Waals surface area (Å²) >= 11 is 0. The molecule has 1 aromatic heterocycles. The fourth-order valence-corrected chi connectivity index (χ4v) is 4.22. The summed E-state index contributed by atoms with van der Waals surface area (Å²) in [5, 5.41) is 10.3. The van der Waals surface area contributed by atoms with Crippen LogP contribution < -0.4 is 0 Å². The Morgan fingerprint density at radius 2 is 1.91 bits per heavy atom. The van der Waals surface area contributed by atoms with E-state index in [9.17, 15) is 19.5 Å². The van der Waals surface area contributed by atoms with Crippen molar-refractivity contribution >= 4 is 17.5 Å². The first-order valence-corrected chi connectivity index (χ1v) is 12.0. The molecule has 1 aromatic rings. The summed E-state index contributed by atoms with van der Waals surface area (Å²) in [5.74, 6) is -2.34. The number of esters is 1. The van der Waals surface area contributed by atoms with Gasteiger partial charge in [0.2, 0.25) is 11.6 Å². The van der Waals surface area contributed by atoms with Gasteiger partial charge in [0, 0.05) is 31.2 Å². The second-order valence-corrected chi connectivity index (χ2v) is 9.33. The van der Waals surface area contributed by atoms with Gasteiger partial charge in [-0.2, -0.15) is 0 Å². The smallest absolute Gasteiger partial charge is 0.303 e. The van der Waals surface area contributed by atoms with E-state index in [1.165, 1.54) is 6.92 Å². The number of allylic oxidation sites excluding steroid dienone is 5. The zero-order valence-electron chi connectivity index (χ0n) is 20.8. The molecule has 1 N–H and O–H groups in total. The van der Waals surface area contributed by atoms with Crippen LogP contribution >= 0.6 is 0 Å². The van der Waals surface area contributed by atoms with Gasteiger partial charge in [-0.3, -0.25) is 19.4 Å². The van der Waals surface area contributed by atoms with Gasteiger partial charge in [-0.1, -0.05) is 56.7 Å². The van der Waals surface area contributed by atoms with Crippen LogP contribution in [0, 0.1) is 17.8 Å². The number of pyridine rings is 1. The Morgan fingerprint density at radius 1 is 1.18 bits per heavy atom. The van der Waals surface area contributed by atoms with Gasteiger partial charge in [0.15, 0.2) is 0 Å². The maximum Gasteiger partial charge on any atom is 0.303 e. The van der Waals surface area contributed by atoms with Crippen LogP contribution in [-0.4, -0.2) is 39.8 Å². The molecule has 6 nitrogen and oxygen atoms in total. The van der Waals surface area contributed by atoms with E-state index in [0.717, 1.165) is 11.3 Å². The molecule has 0 unspecified atom stereocenters. The van der Waals surface area contributed by atoms with Gasteiger partial charge < -0.3 is 9.84 Å². The second kappa shape index (κ2) is 13.1. The minimum Gasteiger partial charge on any atom is -0.458 e. The molecular formula is C28H37NO5. The number of ether oxygens (including phenoxy) is 1. The molecule has 1 heterocycles. The number of hydrogen-bond acceptors (Lipinski definition) is 6. The summed E-state index contributed by atoms with van der Waals surface area (Å²) < 4.78 is 5.48. The van der Waals surface area contributed by atoms with Crippen molar-refractivity contribution in [2.45, 2.75) is 72.0 Å². The minimum absolute atomic E-state index is 0.0293. The van der Waals surface area contributed by atoms with E-state index >= 15 is 0 Å². The maximum atomic E-state index is 13.1. The summed E-state index contributed by atoms with van der Waals surface area (Å²) in [6.07, 6.45) is 10.5. The lowest BCUT2D eigenvalue weighted by atomic mass is 9.80. The zero-order chi connectivity index (χ0) is 25.3. The Kier molecular flexibility index (Phi) is 10.6. The monoisotopic (exact) mass is 467 g/mol. The predicted octanol–water partition coefficient (Wildman–Crippen LogP) is 4.75. The lowest BCUT2D eigenvalue weighted by Crippen LogP contribution is -2.32. The third kappa shape index (κ3) is 8.17. The SMILES string of the molecule is CC(=O)O[C@H]1/C=C/[C@H](C)[C@@H](/C(C)=C/C=C/[C@H](C)c2ccccn2)C(=O)C(=O)C[C@@H](O)CC[C@H]1C. The van der Waals surface area contributed by atoms with Crippen molar-refractivity contribution in [1.82, 2.24) is 4.98 Å². The van der Waals surface area contributed by atoms with Crippen molar-refractivity contribution in [2.75, 3.05) is 0 Å². The maximum absolute atomic E-state index is 13.1. The molecule has 34 heavy (non-hydrogen) atoms. The Hall–Kier alpha value is -2.86. The average molecular weight is 468 g/mol. The van der Waals surface area contributed by atoms with Crippen LogP contribution in [0.25, 0.3) is 0 Å². The third-order valence-electron chi connectivity index (χ3n) is 6.33. The van der Waals surface area contributed by atoms with Crippen molar-refractivity contribution in [2.24, 2.45) is 17.8 Å². The van der Waals surface area contributed by atoms with Gasteiger partial charge in [0.1, 0.15) is 6.10 Å². The third-order valence-corrected chi connectivity index (χ3v) is 6.33. The Morgan fingerprint density at radius 3 is 2.56 bits per heavy atom. The molecule has 0 bridgehead atoms. The number of hydrogen-bond donors (Lipinski definition) is 1. The molecule has 0 aromatic carbocycles. The predicted molar refractivity (Wildman–Crippen MR) is 132 cm³/mol. The van der Waals surface area contributed by atoms with Crippen LogP contribution in [-0.2, 0) is 19.1 Å². The van der Waals surface area contributed by atoms with Crippen LogP contribution in [0.4, 0.5) is 0 Å². The quantitative estimate of drug-likeness (QED) is 0.291. The first-order valence-electron chi connectivity index (χ1n) is 12.0. The summed E-state index contributed by atoms with van der Waals surface area (Å²) in [6.45, 7) is 9.07. The molecule has 0 aliphatic heterocycles. The summed E-state index contributed by atoms with van der Waals surface area (Å²) in [7, 11) is 0. The summed E-state index contributed by atoms with van der Waals surface area (Å²) in [6, 6.07) is 5.77. The molecule has 0 radical (unpaired) electrons. The summed E-state index contributed by atoms with van der Waals surface area (Å²) in [4.78, 5) is 41.8. The molecule has 184 valence electrons. The molecule has 0 fully saturated rings. The number of aliphatic hydroxyl groups is 1. The van der Waals surface area contributed by atoms with Gasteiger partial charge >= 0.3 is 5.97 Å². The molecule has 0 amide bonds. The number of Topliss-reactive ketones (excluding diaryl/α,β-unsaturated/α-hetero) is 2. The van der Waals surface area contributed by atoms with E-state index in [1.54, 1.807) is 6.20 Å². The van der Waals surface area contributed by atoms with Crippen LogP contribution in [0.1, 0.15) is 65.5 Å². The topological polar surface area (TPSA) is 93.6 Å². The van der Waals surface area contributed by atoms with Gasteiger partial charge in [-0.25, -0.2) is 0 Å². The zero-order valence-corrected chi connectivity index (χ0v) is 20.8. The van der Waals surface area contributed by atoms with E-state index in [2.05, 4.69) is 4.98 Å². The molecule has 2 rings (SSSR count). The second-order valence-electron chi connectivity index (χ2n) is 9.33. The van der Waals surface area contributed by atoms with Gasteiger partial charge in [0.25, 0.3) is 0 Å². The molecule has 1 aliphatic rings. The Bertz CT molecular complexity index is 933. The normalized spacial score (nSPS) is 29.2. The van der Waals surface area contributed by atoms with Crippen LogP contribution in [0.15, 0.2) is 60.3 Å². The number of aromatic nitrogens is 1. The van der Waals surface area contributed by atoms with Gasteiger partial charge in [-0.15, -0.1) is 0 Å². The van der Waals surface area contributed by atoms with Crippen LogP contribution in [0.3, 0.4) is 0 Å². The molecule has 0 spiro atoms. The van der Waals surface area contributed by atoms with E-state index < -0.39 is 29.7 Å². The van der Waals surface area contributed by atoms with E-state index in [0.29, 0.717) is 12.8 Å². The van der Waals surface area contributed by atoms with E-state index in [4.69, 9.17) is 4.74 Å². The fourth-order valence-electron chi connectivity index (χ4n) is 4.22. The van der Waals surface area contributed by atoms with Crippen molar-refractivity contribution in [3.63, 3.8) is 0 Å². The van der Waals surface area contributed by atoms with Crippen molar-refractivity contribution in [3.05, 3.63) is 66.0 Å². The number of aliphatic hydroxyl groups excluding tert-OH is 1. The highest BCUT2D eigenvalue weighted by Crippen LogP contribution is 2.27. The molecule has 6 atom stereocenters. The Balaban J connectivity index is 2.32. The summed E-state index contributed by atoms with van der Waals surface area (Å²) in [5.41, 5.74) is 1.70. The van der Waals surface area contributed by atoms with Crippen molar-refractivity contribution < 1.29 is 24.2 Å². The molecule has 0 saturated heterocycles. The number of carbonyl (C=O) groups is 3. The minimum atomic E-state index is -0.903. The van der Waals surface area contributed by atoms with Crippen molar-refractivity contribution in [1.29, 1.82) is 0 Å². The van der Waals surface area contributed by atoms with Crippen LogP contribution in [0.5, 0.6) is 0 Å². The number of rotatable bonds is 5. The lowest BCUT2D eigenvalue weighted by molar-refractivity contribution is -0.146.